The van der Waals surface area contributed by atoms with Crippen molar-refractivity contribution in [3.8, 4) is 17.6 Å². The van der Waals surface area contributed by atoms with Gasteiger partial charge >= 0.3 is 0 Å². The molecule has 0 bridgehead atoms. The normalized spacial score (nSPS) is 12.5. The summed E-state index contributed by atoms with van der Waals surface area (Å²) in [4.78, 5) is 12.2. The second kappa shape index (κ2) is 8.58. The predicted octanol–water partition coefficient (Wildman–Crippen LogP) is 2.43. The van der Waals surface area contributed by atoms with Crippen molar-refractivity contribution < 1.29 is 14.3 Å². The molecule has 1 aromatic carbocycles. The van der Waals surface area contributed by atoms with E-state index in [9.17, 15) is 4.79 Å². The molecule has 1 aliphatic rings. The van der Waals surface area contributed by atoms with Crippen molar-refractivity contribution >= 4 is 5.91 Å². The minimum atomic E-state index is -0.00605. The summed E-state index contributed by atoms with van der Waals surface area (Å²) in [5.74, 6) is 1.47. The summed E-state index contributed by atoms with van der Waals surface area (Å²) in [5, 5.41) is 16.1. The van der Waals surface area contributed by atoms with Crippen molar-refractivity contribution in [1.82, 2.24) is 15.1 Å². The summed E-state index contributed by atoms with van der Waals surface area (Å²) >= 11 is 0. The molecule has 0 saturated heterocycles. The summed E-state index contributed by atoms with van der Waals surface area (Å²) in [6.07, 6.45) is 1.46. The highest BCUT2D eigenvalue weighted by Crippen LogP contribution is 2.30. The number of carbonyl (C=O) groups excluding carboxylic acids is 1. The third-order valence-electron chi connectivity index (χ3n) is 4.67. The third-order valence-corrected chi connectivity index (χ3v) is 4.67. The maximum atomic E-state index is 12.2. The smallest absolute Gasteiger partial charge is 0.220 e. The van der Waals surface area contributed by atoms with Crippen LogP contribution in [0.5, 0.6) is 11.5 Å². The van der Waals surface area contributed by atoms with E-state index in [1.54, 1.807) is 0 Å². The van der Waals surface area contributed by atoms with Crippen LogP contribution in [0.1, 0.15) is 35.4 Å². The molecule has 0 spiro atoms. The van der Waals surface area contributed by atoms with Gasteiger partial charge in [0.15, 0.2) is 11.5 Å². The van der Waals surface area contributed by atoms with Crippen LogP contribution in [0.15, 0.2) is 18.2 Å². The lowest BCUT2D eigenvalue weighted by Crippen LogP contribution is -2.23. The number of nitrogens with zero attached hydrogens (tertiary/aromatic N) is 3. The fourth-order valence-electron chi connectivity index (χ4n) is 3.19. The van der Waals surface area contributed by atoms with Crippen molar-refractivity contribution in [2.45, 2.75) is 46.2 Å². The first-order valence-corrected chi connectivity index (χ1v) is 9.13. The fraction of sp³-hybridized carbons (Fsp3) is 0.450. The van der Waals surface area contributed by atoms with E-state index in [2.05, 4.69) is 16.5 Å². The zero-order valence-electron chi connectivity index (χ0n) is 15.7. The van der Waals surface area contributed by atoms with Crippen LogP contribution < -0.4 is 14.8 Å². The van der Waals surface area contributed by atoms with E-state index in [0.717, 1.165) is 34.0 Å². The van der Waals surface area contributed by atoms with E-state index in [1.807, 2.05) is 36.7 Å². The Kier molecular flexibility index (Phi) is 5.97. The molecular formula is C20H24N4O3. The number of nitrogens with one attached hydrogen (secondary N) is 1. The van der Waals surface area contributed by atoms with E-state index in [0.29, 0.717) is 45.6 Å². The molecule has 0 fully saturated rings. The van der Waals surface area contributed by atoms with Gasteiger partial charge in [0.25, 0.3) is 0 Å². The maximum absolute atomic E-state index is 12.2. The lowest BCUT2D eigenvalue weighted by atomic mass is 10.1. The van der Waals surface area contributed by atoms with Crippen molar-refractivity contribution in [3.05, 3.63) is 40.7 Å². The number of hydrogen-bond donors (Lipinski definition) is 1. The van der Waals surface area contributed by atoms with Crippen molar-refractivity contribution in [2.24, 2.45) is 0 Å². The van der Waals surface area contributed by atoms with E-state index in [4.69, 9.17) is 14.7 Å². The van der Waals surface area contributed by atoms with Gasteiger partial charge in [-0.1, -0.05) is 6.07 Å². The van der Waals surface area contributed by atoms with Gasteiger partial charge in [-0.2, -0.15) is 10.4 Å². The van der Waals surface area contributed by atoms with Gasteiger partial charge in [0.1, 0.15) is 13.2 Å². The van der Waals surface area contributed by atoms with Gasteiger partial charge in [-0.3, -0.25) is 9.48 Å². The molecular weight excluding hydrogens is 344 g/mol. The monoisotopic (exact) mass is 368 g/mol. The third kappa shape index (κ3) is 4.59. The first-order chi connectivity index (χ1) is 13.1. The first kappa shape index (κ1) is 18.8. The molecule has 0 saturated carbocycles. The predicted molar refractivity (Wildman–Crippen MR) is 99.5 cm³/mol. The molecule has 2 aromatic rings. The SMILES string of the molecule is Cc1nn(CCC#N)c(C)c1CCC(=O)NCc1ccc2c(c1)OCCO2. The van der Waals surface area contributed by atoms with Crippen LogP contribution in [-0.2, 0) is 24.3 Å². The molecule has 0 radical (unpaired) electrons. The van der Waals surface area contributed by atoms with Gasteiger partial charge in [0, 0.05) is 18.7 Å². The van der Waals surface area contributed by atoms with E-state index >= 15 is 0 Å². The summed E-state index contributed by atoms with van der Waals surface area (Å²) < 4.78 is 12.9. The fourth-order valence-corrected chi connectivity index (χ4v) is 3.19. The number of ether oxygens (including phenoxy) is 2. The lowest BCUT2D eigenvalue weighted by Gasteiger charge is -2.19. The average molecular weight is 368 g/mol. The molecule has 7 heteroatoms. The molecule has 1 aromatic heterocycles. The lowest BCUT2D eigenvalue weighted by molar-refractivity contribution is -0.121. The van der Waals surface area contributed by atoms with E-state index in [-0.39, 0.29) is 5.91 Å². The number of amides is 1. The number of carbonyl (C=O) groups is 1. The number of hydrogen-bond acceptors (Lipinski definition) is 5. The number of benzene rings is 1. The highest BCUT2D eigenvalue weighted by atomic mass is 16.6. The summed E-state index contributed by atoms with van der Waals surface area (Å²) in [6, 6.07) is 7.84. The number of nitriles is 1. The second-order valence-electron chi connectivity index (χ2n) is 6.54. The van der Waals surface area contributed by atoms with Gasteiger partial charge in [-0.25, -0.2) is 0 Å². The Bertz CT molecular complexity index is 867. The van der Waals surface area contributed by atoms with E-state index in [1.165, 1.54) is 0 Å². The van der Waals surface area contributed by atoms with Crippen LogP contribution in [0, 0.1) is 25.2 Å². The van der Waals surface area contributed by atoms with Gasteiger partial charge in [0.05, 0.1) is 24.7 Å². The molecule has 142 valence electrons. The molecule has 1 N–H and O–H groups in total. The molecule has 27 heavy (non-hydrogen) atoms. The molecule has 0 atom stereocenters. The standard InChI is InChI=1S/C20H24N4O3/c1-14-17(15(2)24(23-14)9-3-8-21)5-7-20(25)22-13-16-4-6-18-19(12-16)27-11-10-26-18/h4,6,12H,3,5,7,9-11,13H2,1-2H3,(H,22,25). The minimum Gasteiger partial charge on any atom is -0.486 e. The quantitative estimate of drug-likeness (QED) is 0.811. The Hall–Kier alpha value is -3.01. The maximum Gasteiger partial charge on any atom is 0.220 e. The highest BCUT2D eigenvalue weighted by molar-refractivity contribution is 5.76. The van der Waals surface area contributed by atoms with Gasteiger partial charge in [-0.15, -0.1) is 0 Å². The molecule has 3 rings (SSSR count). The number of fused-ring (bicyclic) bond motifs is 1. The van der Waals surface area contributed by atoms with Crippen LogP contribution >= 0.6 is 0 Å². The molecule has 0 unspecified atom stereocenters. The molecule has 2 heterocycles. The van der Waals surface area contributed by atoms with Gasteiger partial charge in [0.2, 0.25) is 5.91 Å². The molecule has 0 aliphatic carbocycles. The Morgan fingerprint density at radius 2 is 2.07 bits per heavy atom. The van der Waals surface area contributed by atoms with Crippen molar-refractivity contribution in [1.29, 1.82) is 5.26 Å². The number of aryl methyl sites for hydroxylation is 2. The molecule has 1 aliphatic heterocycles. The van der Waals surface area contributed by atoms with E-state index < -0.39 is 0 Å². The van der Waals surface area contributed by atoms with Crippen molar-refractivity contribution in [2.75, 3.05) is 13.2 Å². The Balaban J connectivity index is 1.52. The average Bonchev–Trinajstić information content (AvgIpc) is 2.95. The number of aromatic nitrogens is 2. The summed E-state index contributed by atoms with van der Waals surface area (Å²) in [5.41, 5.74) is 4.01. The summed E-state index contributed by atoms with van der Waals surface area (Å²) in [7, 11) is 0. The molecule has 1 amide bonds. The van der Waals surface area contributed by atoms with Crippen LogP contribution in [0.3, 0.4) is 0 Å². The minimum absolute atomic E-state index is 0.00605. The van der Waals surface area contributed by atoms with Crippen LogP contribution in [0.25, 0.3) is 0 Å². The zero-order chi connectivity index (χ0) is 19.2. The zero-order valence-corrected chi connectivity index (χ0v) is 15.7. The Morgan fingerprint density at radius 1 is 1.30 bits per heavy atom. The Labute approximate surface area is 158 Å². The summed E-state index contributed by atoms with van der Waals surface area (Å²) in [6.45, 7) is 6.07. The largest absolute Gasteiger partial charge is 0.486 e. The van der Waals surface area contributed by atoms with Crippen LogP contribution in [-0.4, -0.2) is 28.9 Å². The Morgan fingerprint density at radius 3 is 2.85 bits per heavy atom. The van der Waals surface area contributed by atoms with Crippen LogP contribution in [0.4, 0.5) is 0 Å². The van der Waals surface area contributed by atoms with Crippen molar-refractivity contribution in [3.63, 3.8) is 0 Å². The van der Waals surface area contributed by atoms with Gasteiger partial charge in [-0.05, 0) is 43.5 Å². The number of rotatable bonds is 7. The first-order valence-electron chi connectivity index (χ1n) is 9.13. The topological polar surface area (TPSA) is 89.2 Å². The second-order valence-corrected chi connectivity index (χ2v) is 6.54. The van der Waals surface area contributed by atoms with Crippen LogP contribution in [0.2, 0.25) is 0 Å². The van der Waals surface area contributed by atoms with Gasteiger partial charge < -0.3 is 14.8 Å². The highest BCUT2D eigenvalue weighted by Gasteiger charge is 2.14. The molecule has 7 nitrogen and oxygen atoms in total.